The van der Waals surface area contributed by atoms with Crippen LogP contribution in [0.5, 0.6) is 0 Å². The number of hydrogen-bond donors (Lipinski definition) is 0. The largest absolute Gasteiger partial charge is 0.252 e. The molecule has 0 aromatic heterocycles. The van der Waals surface area contributed by atoms with E-state index in [-0.39, 0.29) is 20.4 Å². The zero-order valence-electron chi connectivity index (χ0n) is 30.9. The van der Waals surface area contributed by atoms with E-state index in [1.54, 1.807) is 0 Å². The number of unbranched alkanes of at least 4 members (excludes halogenated alkanes) is 11. The van der Waals surface area contributed by atoms with Crippen LogP contribution in [0.1, 0.15) is 186 Å². The van der Waals surface area contributed by atoms with E-state index in [4.69, 9.17) is 9.98 Å². The van der Waals surface area contributed by atoms with Crippen molar-refractivity contribution in [3.63, 3.8) is 0 Å². The van der Waals surface area contributed by atoms with Crippen LogP contribution in [0.15, 0.2) is 46.4 Å². The Hall–Kier alpha value is -1.56. The van der Waals surface area contributed by atoms with Gasteiger partial charge in [-0.15, -0.1) is 0 Å². The van der Waals surface area contributed by atoms with Crippen LogP contribution in [-0.4, -0.2) is 11.4 Å². The normalized spacial score (nSPS) is 12.0. The van der Waals surface area contributed by atoms with Gasteiger partial charge in [-0.05, 0) is 124 Å². The molecule has 0 aliphatic rings. The molecule has 0 bridgehead atoms. The number of benzene rings is 2. The maximum absolute atomic E-state index is 5.47. The first-order valence-corrected chi connectivity index (χ1v) is 19.5. The average molecular weight is 721 g/mol. The van der Waals surface area contributed by atoms with Crippen molar-refractivity contribution in [2.24, 2.45) is 9.98 Å². The van der Waals surface area contributed by atoms with E-state index in [9.17, 15) is 0 Å². The van der Waals surface area contributed by atoms with Crippen molar-refractivity contribution >= 4 is 22.8 Å². The van der Waals surface area contributed by atoms with Crippen molar-refractivity contribution in [1.29, 1.82) is 0 Å². The molecular weight excluding hydrogens is 651 g/mol. The third-order valence-electron chi connectivity index (χ3n) is 9.22. The first kappa shape index (κ1) is 42.5. The van der Waals surface area contributed by atoms with Crippen molar-refractivity contribution in [1.82, 2.24) is 0 Å². The van der Waals surface area contributed by atoms with E-state index >= 15 is 0 Å². The van der Waals surface area contributed by atoms with Gasteiger partial charge in [-0.3, -0.25) is 9.98 Å². The smallest absolute Gasteiger partial charge is 0.0636 e. The molecule has 262 valence electrons. The Kier molecular flexibility index (Phi) is 25.3. The van der Waals surface area contributed by atoms with Gasteiger partial charge in [-0.2, -0.15) is 0 Å². The predicted molar refractivity (Wildman–Crippen MR) is 204 cm³/mol. The van der Waals surface area contributed by atoms with E-state index in [2.05, 4.69) is 77.9 Å². The average Bonchev–Trinajstić information content (AvgIpc) is 3.06. The fourth-order valence-electron chi connectivity index (χ4n) is 6.24. The number of hydrogen-bond acceptors (Lipinski definition) is 2. The van der Waals surface area contributed by atoms with Crippen LogP contribution in [-0.2, 0) is 46.1 Å². The molecule has 0 aliphatic heterocycles. The Morgan fingerprint density at radius 1 is 0.391 bits per heavy atom. The molecule has 46 heavy (non-hydrogen) atoms. The number of aliphatic imine (C=N–C) groups is 2. The molecule has 0 N–H and O–H groups in total. The summed E-state index contributed by atoms with van der Waals surface area (Å²) in [6.45, 7) is 13.8. The SMILES string of the molecule is CCCCCCCCC(=N\c1ccc(CCCC)c(CCCC)c1)/C(CCCCC)=N/c1ccc(CCCC)c(CCCC)c1.[Pd]. The third kappa shape index (κ3) is 17.0. The number of aryl methyl sites for hydroxylation is 4. The van der Waals surface area contributed by atoms with E-state index in [0.29, 0.717) is 0 Å². The summed E-state index contributed by atoms with van der Waals surface area (Å²) >= 11 is 0. The van der Waals surface area contributed by atoms with Crippen LogP contribution in [0.2, 0.25) is 0 Å². The van der Waals surface area contributed by atoms with E-state index in [0.717, 1.165) is 37.1 Å². The molecule has 0 saturated carbocycles. The van der Waals surface area contributed by atoms with Crippen LogP contribution in [0.3, 0.4) is 0 Å². The van der Waals surface area contributed by atoms with Crippen LogP contribution >= 0.6 is 0 Å². The molecule has 0 fully saturated rings. The van der Waals surface area contributed by atoms with Gasteiger partial charge in [0.15, 0.2) is 0 Å². The summed E-state index contributed by atoms with van der Waals surface area (Å²) in [6.07, 6.45) is 28.2. The van der Waals surface area contributed by atoms with Crippen molar-refractivity contribution < 1.29 is 20.4 Å². The molecule has 0 aliphatic carbocycles. The zero-order valence-corrected chi connectivity index (χ0v) is 32.5. The summed E-state index contributed by atoms with van der Waals surface area (Å²) in [5.74, 6) is 0. The van der Waals surface area contributed by atoms with E-state index in [1.165, 1.54) is 156 Å². The Morgan fingerprint density at radius 2 is 0.717 bits per heavy atom. The van der Waals surface area contributed by atoms with Gasteiger partial charge in [-0.25, -0.2) is 0 Å². The molecule has 2 aromatic carbocycles. The van der Waals surface area contributed by atoms with Crippen molar-refractivity contribution in [2.75, 3.05) is 0 Å². The third-order valence-corrected chi connectivity index (χ3v) is 9.22. The summed E-state index contributed by atoms with van der Waals surface area (Å²) in [7, 11) is 0. The van der Waals surface area contributed by atoms with Gasteiger partial charge in [0, 0.05) is 20.4 Å². The summed E-state index contributed by atoms with van der Waals surface area (Å²) in [5.41, 5.74) is 10.8. The maximum Gasteiger partial charge on any atom is 0.0636 e. The summed E-state index contributed by atoms with van der Waals surface area (Å²) in [5, 5.41) is 0. The summed E-state index contributed by atoms with van der Waals surface area (Å²) < 4.78 is 0. The molecule has 0 spiro atoms. The van der Waals surface area contributed by atoms with Gasteiger partial charge in [0.1, 0.15) is 0 Å². The van der Waals surface area contributed by atoms with Gasteiger partial charge >= 0.3 is 0 Å². The van der Waals surface area contributed by atoms with Crippen molar-refractivity contribution in [3.8, 4) is 0 Å². The molecule has 2 nitrogen and oxygen atoms in total. The Bertz CT molecular complexity index is 1120. The Morgan fingerprint density at radius 3 is 1.13 bits per heavy atom. The minimum absolute atomic E-state index is 0. The summed E-state index contributed by atoms with van der Waals surface area (Å²) in [4.78, 5) is 10.9. The molecule has 0 radical (unpaired) electrons. The summed E-state index contributed by atoms with van der Waals surface area (Å²) in [6, 6.07) is 14.2. The maximum atomic E-state index is 5.47. The van der Waals surface area contributed by atoms with Crippen molar-refractivity contribution in [2.45, 2.75) is 189 Å². The van der Waals surface area contributed by atoms with Crippen LogP contribution in [0, 0.1) is 0 Å². The van der Waals surface area contributed by atoms with E-state index < -0.39 is 0 Å². The zero-order chi connectivity index (χ0) is 32.5. The molecule has 0 unspecified atom stereocenters. The second-order valence-electron chi connectivity index (χ2n) is 13.4. The van der Waals surface area contributed by atoms with E-state index in [1.807, 2.05) is 0 Å². The first-order chi connectivity index (χ1) is 22.1. The fraction of sp³-hybridized carbons (Fsp3) is 0.674. The first-order valence-electron chi connectivity index (χ1n) is 19.5. The van der Waals surface area contributed by atoms with Crippen LogP contribution < -0.4 is 0 Å². The molecular formula is C43H70N2Pd. The topological polar surface area (TPSA) is 24.7 Å². The monoisotopic (exact) mass is 720 g/mol. The standard InChI is InChI=1S/C43H70N2.Pd/c1-7-13-19-20-21-23-29-43(45-41-33-31-37(25-16-10-4)39(35-41)27-18-12-6)42(28-22-14-8-2)44-40-32-30-36(24-15-9-3)38(34-40)26-17-11-5;/h30-35H,7-29H2,1-6H3;/b44-42+,45-43+;. The van der Waals surface area contributed by atoms with Crippen LogP contribution in [0.25, 0.3) is 0 Å². The second-order valence-corrected chi connectivity index (χ2v) is 13.4. The quantitative estimate of drug-likeness (QED) is 0.0525. The Balaban J connectivity index is 0.0000106. The predicted octanol–water partition coefficient (Wildman–Crippen LogP) is 14.2. The molecule has 0 heterocycles. The molecule has 0 atom stereocenters. The number of rotatable bonds is 26. The minimum atomic E-state index is 0. The number of nitrogens with zero attached hydrogens (tertiary/aromatic N) is 2. The van der Waals surface area contributed by atoms with Gasteiger partial charge in [-0.1, -0.05) is 124 Å². The molecule has 3 heteroatoms. The van der Waals surface area contributed by atoms with Gasteiger partial charge in [0.05, 0.1) is 22.8 Å². The molecule has 2 aromatic rings. The van der Waals surface area contributed by atoms with Crippen molar-refractivity contribution in [3.05, 3.63) is 58.7 Å². The second kappa shape index (κ2) is 27.4. The van der Waals surface area contributed by atoms with Gasteiger partial charge < -0.3 is 0 Å². The van der Waals surface area contributed by atoms with Gasteiger partial charge in [0.2, 0.25) is 0 Å². The minimum Gasteiger partial charge on any atom is -0.252 e. The van der Waals surface area contributed by atoms with Crippen LogP contribution in [0.4, 0.5) is 11.4 Å². The molecule has 2 rings (SSSR count). The fourth-order valence-corrected chi connectivity index (χ4v) is 6.24. The van der Waals surface area contributed by atoms with Gasteiger partial charge in [0.25, 0.3) is 0 Å². The Labute approximate surface area is 299 Å². The molecule has 0 saturated heterocycles. The molecule has 0 amide bonds.